The molecule has 0 bridgehead atoms. The number of nitrogens with zero attached hydrogens (tertiary/aromatic N) is 2. The van der Waals surface area contributed by atoms with Crippen molar-refractivity contribution in [3.8, 4) is 0 Å². The van der Waals surface area contributed by atoms with Crippen molar-refractivity contribution in [1.29, 1.82) is 0 Å². The van der Waals surface area contributed by atoms with Crippen LogP contribution >= 0.6 is 15.9 Å². The van der Waals surface area contributed by atoms with Gasteiger partial charge in [0.15, 0.2) is 0 Å². The first kappa shape index (κ1) is 14.4. The number of hydrogen-bond donors (Lipinski definition) is 0. The summed E-state index contributed by atoms with van der Waals surface area (Å²) in [5.41, 5.74) is 2.48. The van der Waals surface area contributed by atoms with E-state index in [0.29, 0.717) is 0 Å². The second-order valence-corrected chi connectivity index (χ2v) is 6.25. The summed E-state index contributed by atoms with van der Waals surface area (Å²) in [7, 11) is 0. The van der Waals surface area contributed by atoms with Crippen LogP contribution in [0.4, 0.5) is 5.69 Å². The van der Waals surface area contributed by atoms with Crippen LogP contribution in [0.25, 0.3) is 0 Å². The second kappa shape index (κ2) is 5.95. The average Bonchev–Trinajstić information content (AvgIpc) is 2.41. The van der Waals surface area contributed by atoms with E-state index in [0.717, 1.165) is 30.7 Å². The number of piperazine rings is 1. The zero-order valence-electron chi connectivity index (χ0n) is 11.8. The smallest absolute Gasteiger partial charge is 0.225 e. The third-order valence-corrected chi connectivity index (χ3v) is 4.46. The quantitative estimate of drug-likeness (QED) is 0.834. The Balaban J connectivity index is 2.00. The Morgan fingerprint density at radius 3 is 2.37 bits per heavy atom. The topological polar surface area (TPSA) is 23.6 Å². The molecule has 0 aliphatic carbocycles. The molecule has 1 fully saturated rings. The van der Waals surface area contributed by atoms with Gasteiger partial charge < -0.3 is 9.80 Å². The monoisotopic (exact) mass is 324 g/mol. The van der Waals surface area contributed by atoms with Gasteiger partial charge in [-0.05, 0) is 24.6 Å². The number of carbonyl (C=O) groups is 1. The SMILES string of the molecule is Cc1ccc(N2CCN(C(=O)C(C)C)CC2)cc1Br. The first-order chi connectivity index (χ1) is 8.99. The van der Waals surface area contributed by atoms with Crippen molar-refractivity contribution in [2.75, 3.05) is 31.1 Å². The van der Waals surface area contributed by atoms with E-state index in [4.69, 9.17) is 0 Å². The number of benzene rings is 1. The first-order valence-corrected chi connectivity index (χ1v) is 7.58. The average molecular weight is 325 g/mol. The Morgan fingerprint density at radius 2 is 1.84 bits per heavy atom. The Hall–Kier alpha value is -1.03. The molecule has 1 saturated heterocycles. The van der Waals surface area contributed by atoms with E-state index in [1.54, 1.807) is 0 Å². The normalized spacial score (nSPS) is 16.1. The van der Waals surface area contributed by atoms with Gasteiger partial charge in [-0.2, -0.15) is 0 Å². The Bertz CT molecular complexity index is 465. The van der Waals surface area contributed by atoms with Crippen molar-refractivity contribution >= 4 is 27.5 Å². The molecule has 1 aliphatic heterocycles. The maximum atomic E-state index is 11.9. The molecule has 3 nitrogen and oxygen atoms in total. The molecule has 0 atom stereocenters. The molecule has 0 N–H and O–H groups in total. The van der Waals surface area contributed by atoms with E-state index < -0.39 is 0 Å². The van der Waals surface area contributed by atoms with Crippen molar-refractivity contribution in [1.82, 2.24) is 4.90 Å². The van der Waals surface area contributed by atoms with Gasteiger partial charge in [0, 0.05) is 42.3 Å². The summed E-state index contributed by atoms with van der Waals surface area (Å²) >= 11 is 3.58. The number of anilines is 1. The maximum absolute atomic E-state index is 11.9. The van der Waals surface area contributed by atoms with Crippen LogP contribution < -0.4 is 4.90 Å². The number of carbonyl (C=O) groups excluding carboxylic acids is 1. The molecule has 0 aromatic heterocycles. The highest BCUT2D eigenvalue weighted by Crippen LogP contribution is 2.24. The molecular weight excluding hydrogens is 304 g/mol. The summed E-state index contributed by atoms with van der Waals surface area (Å²) in [5.74, 6) is 0.366. The molecule has 0 radical (unpaired) electrons. The van der Waals surface area contributed by atoms with Crippen LogP contribution in [-0.4, -0.2) is 37.0 Å². The van der Waals surface area contributed by atoms with E-state index in [1.807, 2.05) is 18.7 Å². The highest BCUT2D eigenvalue weighted by molar-refractivity contribution is 9.10. The van der Waals surface area contributed by atoms with Crippen molar-refractivity contribution < 1.29 is 4.79 Å². The lowest BCUT2D eigenvalue weighted by Crippen LogP contribution is -2.49. The molecule has 1 aromatic carbocycles. The molecule has 0 saturated carbocycles. The Kier molecular flexibility index (Phi) is 4.50. The van der Waals surface area contributed by atoms with Crippen molar-refractivity contribution in [3.63, 3.8) is 0 Å². The van der Waals surface area contributed by atoms with Crippen LogP contribution in [0.5, 0.6) is 0 Å². The summed E-state index contributed by atoms with van der Waals surface area (Å²) in [6, 6.07) is 6.44. The summed E-state index contributed by atoms with van der Waals surface area (Å²) in [5, 5.41) is 0. The molecule has 1 heterocycles. The van der Waals surface area contributed by atoms with Gasteiger partial charge in [0.25, 0.3) is 0 Å². The van der Waals surface area contributed by atoms with Crippen LogP contribution in [0.2, 0.25) is 0 Å². The molecule has 0 unspecified atom stereocenters. The van der Waals surface area contributed by atoms with Crippen LogP contribution in [0, 0.1) is 12.8 Å². The van der Waals surface area contributed by atoms with Gasteiger partial charge in [-0.1, -0.05) is 35.8 Å². The molecule has 1 aromatic rings. The molecular formula is C15H21BrN2O. The third-order valence-electron chi connectivity index (χ3n) is 3.61. The van der Waals surface area contributed by atoms with Crippen molar-refractivity contribution in [3.05, 3.63) is 28.2 Å². The van der Waals surface area contributed by atoms with Crippen LogP contribution in [0.1, 0.15) is 19.4 Å². The fourth-order valence-corrected chi connectivity index (χ4v) is 2.70. The van der Waals surface area contributed by atoms with Crippen molar-refractivity contribution in [2.45, 2.75) is 20.8 Å². The minimum Gasteiger partial charge on any atom is -0.368 e. The van der Waals surface area contributed by atoms with Crippen LogP contribution in [-0.2, 0) is 4.79 Å². The Morgan fingerprint density at radius 1 is 1.21 bits per heavy atom. The number of hydrogen-bond acceptors (Lipinski definition) is 2. The largest absolute Gasteiger partial charge is 0.368 e. The zero-order chi connectivity index (χ0) is 14.0. The summed E-state index contributed by atoms with van der Waals surface area (Å²) in [4.78, 5) is 16.3. The maximum Gasteiger partial charge on any atom is 0.225 e. The van der Waals surface area contributed by atoms with Gasteiger partial charge in [-0.15, -0.1) is 0 Å². The van der Waals surface area contributed by atoms with E-state index in [-0.39, 0.29) is 11.8 Å². The minimum atomic E-state index is 0.0973. The standard InChI is InChI=1S/C15H21BrN2O/c1-11(2)15(19)18-8-6-17(7-9-18)13-5-4-12(3)14(16)10-13/h4-5,10-11H,6-9H2,1-3H3. The highest BCUT2D eigenvalue weighted by atomic mass is 79.9. The second-order valence-electron chi connectivity index (χ2n) is 5.40. The first-order valence-electron chi connectivity index (χ1n) is 6.79. The molecule has 104 valence electrons. The van der Waals surface area contributed by atoms with Gasteiger partial charge in [0.1, 0.15) is 0 Å². The minimum absolute atomic E-state index is 0.0973. The number of halogens is 1. The third kappa shape index (κ3) is 3.30. The van der Waals surface area contributed by atoms with Gasteiger partial charge in [0.2, 0.25) is 5.91 Å². The number of rotatable bonds is 2. The van der Waals surface area contributed by atoms with Gasteiger partial charge in [-0.25, -0.2) is 0 Å². The number of amides is 1. The van der Waals surface area contributed by atoms with E-state index in [2.05, 4.69) is 46.0 Å². The van der Waals surface area contributed by atoms with E-state index >= 15 is 0 Å². The molecule has 2 rings (SSSR count). The predicted molar refractivity (Wildman–Crippen MR) is 82.5 cm³/mol. The van der Waals surface area contributed by atoms with Gasteiger partial charge in [0.05, 0.1) is 0 Å². The fourth-order valence-electron chi connectivity index (χ4n) is 2.33. The van der Waals surface area contributed by atoms with Crippen molar-refractivity contribution in [2.24, 2.45) is 5.92 Å². The lowest BCUT2D eigenvalue weighted by atomic mass is 10.1. The summed E-state index contributed by atoms with van der Waals surface area (Å²) in [6.45, 7) is 9.48. The highest BCUT2D eigenvalue weighted by Gasteiger charge is 2.22. The number of aryl methyl sites for hydroxylation is 1. The lowest BCUT2D eigenvalue weighted by molar-refractivity contribution is -0.134. The molecule has 19 heavy (non-hydrogen) atoms. The molecule has 1 amide bonds. The predicted octanol–water partition coefficient (Wildman–Crippen LogP) is 3.06. The van der Waals surface area contributed by atoms with E-state index in [1.165, 1.54) is 11.3 Å². The molecule has 1 aliphatic rings. The fraction of sp³-hybridized carbons (Fsp3) is 0.533. The Labute approximate surface area is 123 Å². The van der Waals surface area contributed by atoms with Crippen LogP contribution in [0.15, 0.2) is 22.7 Å². The van der Waals surface area contributed by atoms with Crippen LogP contribution in [0.3, 0.4) is 0 Å². The van der Waals surface area contributed by atoms with Gasteiger partial charge >= 0.3 is 0 Å². The summed E-state index contributed by atoms with van der Waals surface area (Å²) < 4.78 is 1.14. The lowest BCUT2D eigenvalue weighted by Gasteiger charge is -2.37. The molecule has 0 spiro atoms. The zero-order valence-corrected chi connectivity index (χ0v) is 13.4. The van der Waals surface area contributed by atoms with Gasteiger partial charge in [-0.3, -0.25) is 4.79 Å². The van der Waals surface area contributed by atoms with E-state index in [9.17, 15) is 4.79 Å². The molecule has 4 heteroatoms. The summed E-state index contributed by atoms with van der Waals surface area (Å²) in [6.07, 6.45) is 0.